The Bertz CT molecular complexity index is 865. The summed E-state index contributed by atoms with van der Waals surface area (Å²) < 4.78 is 40.0. The summed E-state index contributed by atoms with van der Waals surface area (Å²) in [7, 11) is 0. The molecule has 0 atom stereocenters. The molecular weight excluding hydrogens is 295 g/mol. The molecule has 1 N–H and O–H groups in total. The number of carboxylic acid groups (broad SMARTS) is 1. The number of benzene rings is 2. The van der Waals surface area contributed by atoms with E-state index in [2.05, 4.69) is 0 Å². The number of halogens is 3. The van der Waals surface area contributed by atoms with Crippen molar-refractivity contribution >= 4 is 16.9 Å². The molecule has 0 spiro atoms. The average molecular weight is 305 g/mol. The van der Waals surface area contributed by atoms with Crippen LogP contribution in [0.3, 0.4) is 0 Å². The number of alkyl halides is 3. The van der Waals surface area contributed by atoms with Crippen LogP contribution in [0.15, 0.2) is 54.7 Å². The van der Waals surface area contributed by atoms with E-state index in [1.807, 2.05) is 0 Å². The van der Waals surface area contributed by atoms with Crippen LogP contribution >= 0.6 is 0 Å². The fourth-order valence-corrected chi connectivity index (χ4v) is 2.41. The van der Waals surface area contributed by atoms with E-state index in [9.17, 15) is 18.0 Å². The first kappa shape index (κ1) is 14.2. The van der Waals surface area contributed by atoms with Crippen molar-refractivity contribution in [2.75, 3.05) is 0 Å². The van der Waals surface area contributed by atoms with Crippen molar-refractivity contribution < 1.29 is 23.1 Å². The van der Waals surface area contributed by atoms with Crippen LogP contribution < -0.4 is 0 Å². The molecule has 0 amide bonds. The van der Waals surface area contributed by atoms with Crippen LogP contribution in [0.5, 0.6) is 0 Å². The van der Waals surface area contributed by atoms with Gasteiger partial charge in [-0.25, -0.2) is 4.79 Å². The molecule has 3 aromatic rings. The zero-order valence-electron chi connectivity index (χ0n) is 11.1. The summed E-state index contributed by atoms with van der Waals surface area (Å²) in [5.74, 6) is -1.08. The zero-order chi connectivity index (χ0) is 15.9. The van der Waals surface area contributed by atoms with Gasteiger partial charge in [-0.2, -0.15) is 13.2 Å². The van der Waals surface area contributed by atoms with Crippen LogP contribution in [0.25, 0.3) is 16.6 Å². The lowest BCUT2D eigenvalue weighted by molar-refractivity contribution is -0.137. The van der Waals surface area contributed by atoms with Crippen LogP contribution in [0.4, 0.5) is 13.2 Å². The molecule has 0 bridgehead atoms. The number of aromatic nitrogens is 1. The number of carbonyl (C=O) groups is 1. The molecule has 22 heavy (non-hydrogen) atoms. The van der Waals surface area contributed by atoms with Gasteiger partial charge in [-0.1, -0.05) is 12.1 Å². The molecular formula is C16H10F3NO2. The van der Waals surface area contributed by atoms with E-state index in [-0.39, 0.29) is 5.56 Å². The molecule has 0 radical (unpaired) electrons. The first-order chi connectivity index (χ1) is 10.4. The molecule has 0 unspecified atom stereocenters. The van der Waals surface area contributed by atoms with E-state index < -0.39 is 17.7 Å². The van der Waals surface area contributed by atoms with Gasteiger partial charge in [0.1, 0.15) is 0 Å². The van der Waals surface area contributed by atoms with Gasteiger partial charge in [0.05, 0.1) is 16.6 Å². The third-order valence-electron chi connectivity index (χ3n) is 3.41. The first-order valence-corrected chi connectivity index (χ1v) is 6.39. The minimum Gasteiger partial charge on any atom is -0.478 e. The fourth-order valence-electron chi connectivity index (χ4n) is 2.41. The number of aromatic carboxylic acids is 1. The Balaban J connectivity index is 2.20. The smallest absolute Gasteiger partial charge is 0.416 e. The zero-order valence-corrected chi connectivity index (χ0v) is 11.1. The number of fused-ring (bicyclic) bond motifs is 1. The normalized spacial score (nSPS) is 11.8. The molecule has 0 fully saturated rings. The molecule has 112 valence electrons. The van der Waals surface area contributed by atoms with Crippen LogP contribution in [-0.2, 0) is 6.18 Å². The predicted molar refractivity (Wildman–Crippen MR) is 75.2 cm³/mol. The van der Waals surface area contributed by atoms with Gasteiger partial charge >= 0.3 is 12.1 Å². The van der Waals surface area contributed by atoms with Gasteiger partial charge in [0.2, 0.25) is 0 Å². The molecule has 0 saturated heterocycles. The maximum Gasteiger partial charge on any atom is 0.416 e. The van der Waals surface area contributed by atoms with Gasteiger partial charge in [0.15, 0.2) is 0 Å². The minimum absolute atomic E-state index is 0.114. The summed E-state index contributed by atoms with van der Waals surface area (Å²) in [6.45, 7) is 0. The summed E-state index contributed by atoms with van der Waals surface area (Å²) in [6.07, 6.45) is -2.86. The van der Waals surface area contributed by atoms with Gasteiger partial charge in [0, 0.05) is 17.3 Å². The van der Waals surface area contributed by atoms with Crippen molar-refractivity contribution in [2.45, 2.75) is 6.18 Å². The summed E-state index contributed by atoms with van der Waals surface area (Å²) in [6, 6.07) is 11.2. The molecule has 0 saturated carbocycles. The Kier molecular flexibility index (Phi) is 3.16. The molecule has 6 heteroatoms. The summed E-state index contributed by atoms with van der Waals surface area (Å²) >= 11 is 0. The highest BCUT2D eigenvalue weighted by Gasteiger charge is 2.30. The number of carboxylic acids is 1. The predicted octanol–water partition coefficient (Wildman–Crippen LogP) is 4.35. The van der Waals surface area contributed by atoms with Crippen molar-refractivity contribution in [2.24, 2.45) is 0 Å². The van der Waals surface area contributed by atoms with Crippen molar-refractivity contribution in [3.05, 3.63) is 65.9 Å². The summed E-state index contributed by atoms with van der Waals surface area (Å²) in [4.78, 5) is 11.2. The molecule has 3 rings (SSSR count). The third kappa shape index (κ3) is 2.32. The Morgan fingerprint density at radius 2 is 1.77 bits per heavy atom. The van der Waals surface area contributed by atoms with Crippen molar-refractivity contribution in [1.29, 1.82) is 0 Å². The van der Waals surface area contributed by atoms with E-state index in [0.717, 1.165) is 12.1 Å². The lowest BCUT2D eigenvalue weighted by Gasteiger charge is -2.10. The summed E-state index contributed by atoms with van der Waals surface area (Å²) in [5.41, 5.74) is 0.232. The lowest BCUT2D eigenvalue weighted by atomic mass is 10.1. The number of hydrogen-bond acceptors (Lipinski definition) is 1. The molecule has 0 aliphatic carbocycles. The molecule has 0 aliphatic heterocycles. The maximum atomic E-state index is 12.8. The standard InChI is InChI=1S/C16H10F3NO2/c17-16(18,19)10-3-1-4-11(9-10)20-8-7-12-13(15(21)22)5-2-6-14(12)20/h1-9H,(H,21,22). The van der Waals surface area contributed by atoms with Crippen molar-refractivity contribution in [1.82, 2.24) is 4.57 Å². The Labute approximate surface area is 123 Å². The largest absolute Gasteiger partial charge is 0.478 e. The quantitative estimate of drug-likeness (QED) is 0.765. The highest BCUT2D eigenvalue weighted by molar-refractivity contribution is 6.03. The van der Waals surface area contributed by atoms with E-state index in [0.29, 0.717) is 16.6 Å². The number of rotatable bonds is 2. The molecule has 2 aromatic carbocycles. The fraction of sp³-hybridized carbons (Fsp3) is 0.0625. The Morgan fingerprint density at radius 3 is 2.45 bits per heavy atom. The monoisotopic (exact) mass is 305 g/mol. The van der Waals surface area contributed by atoms with Crippen LogP contribution in [0, 0.1) is 0 Å². The highest BCUT2D eigenvalue weighted by Crippen LogP contribution is 2.31. The van der Waals surface area contributed by atoms with E-state index in [4.69, 9.17) is 5.11 Å². The van der Waals surface area contributed by atoms with E-state index in [1.54, 1.807) is 30.5 Å². The number of nitrogens with zero attached hydrogens (tertiary/aromatic N) is 1. The second-order valence-electron chi connectivity index (χ2n) is 4.78. The lowest BCUT2D eigenvalue weighted by Crippen LogP contribution is -2.05. The maximum absolute atomic E-state index is 12.8. The molecule has 0 aliphatic rings. The van der Waals surface area contributed by atoms with Crippen molar-refractivity contribution in [3.63, 3.8) is 0 Å². The SMILES string of the molecule is O=C(O)c1cccc2c1ccn2-c1cccc(C(F)(F)F)c1. The van der Waals surface area contributed by atoms with Gasteiger partial charge in [0.25, 0.3) is 0 Å². The van der Waals surface area contributed by atoms with Crippen molar-refractivity contribution in [3.8, 4) is 5.69 Å². The number of hydrogen-bond donors (Lipinski definition) is 1. The Hall–Kier alpha value is -2.76. The second kappa shape index (κ2) is 4.91. The molecule has 1 aromatic heterocycles. The molecule has 3 nitrogen and oxygen atoms in total. The highest BCUT2D eigenvalue weighted by atomic mass is 19.4. The van der Waals surface area contributed by atoms with Crippen LogP contribution in [-0.4, -0.2) is 15.6 Å². The van der Waals surface area contributed by atoms with E-state index in [1.165, 1.54) is 16.7 Å². The first-order valence-electron chi connectivity index (χ1n) is 6.39. The van der Waals surface area contributed by atoms with Crippen LogP contribution in [0.2, 0.25) is 0 Å². The second-order valence-corrected chi connectivity index (χ2v) is 4.78. The van der Waals surface area contributed by atoms with E-state index >= 15 is 0 Å². The van der Waals surface area contributed by atoms with Gasteiger partial charge in [-0.15, -0.1) is 0 Å². The average Bonchev–Trinajstić information content (AvgIpc) is 2.90. The minimum atomic E-state index is -4.43. The topological polar surface area (TPSA) is 42.2 Å². The van der Waals surface area contributed by atoms with Gasteiger partial charge < -0.3 is 9.67 Å². The van der Waals surface area contributed by atoms with Gasteiger partial charge in [-0.3, -0.25) is 0 Å². The summed E-state index contributed by atoms with van der Waals surface area (Å²) in [5, 5.41) is 9.63. The molecule has 1 heterocycles. The Morgan fingerprint density at radius 1 is 1.05 bits per heavy atom. The van der Waals surface area contributed by atoms with Gasteiger partial charge in [-0.05, 0) is 36.4 Å². The van der Waals surface area contributed by atoms with Crippen LogP contribution in [0.1, 0.15) is 15.9 Å². The third-order valence-corrected chi connectivity index (χ3v) is 3.41.